The van der Waals surface area contributed by atoms with E-state index in [9.17, 15) is 0 Å². The summed E-state index contributed by atoms with van der Waals surface area (Å²) in [6.45, 7) is 9.58. The van der Waals surface area contributed by atoms with Crippen LogP contribution in [0.15, 0.2) is 0 Å². The first-order valence-corrected chi connectivity index (χ1v) is 8.30. The summed E-state index contributed by atoms with van der Waals surface area (Å²) >= 11 is 0. The summed E-state index contributed by atoms with van der Waals surface area (Å²) in [4.78, 5) is 2.09. The van der Waals surface area contributed by atoms with Crippen molar-refractivity contribution in [3.05, 3.63) is 0 Å². The fourth-order valence-corrected chi connectivity index (χ4v) is 1.48. The maximum atomic E-state index is 5.41. The molecule has 0 saturated carbocycles. The molecular weight excluding hydrogens is 286 g/mol. The van der Waals surface area contributed by atoms with Crippen molar-refractivity contribution in [3.63, 3.8) is 0 Å². The van der Waals surface area contributed by atoms with Gasteiger partial charge in [0.2, 0.25) is 0 Å². The highest BCUT2D eigenvalue weighted by atomic mass is 16.6. The van der Waals surface area contributed by atoms with Crippen LogP contribution in [0.1, 0.15) is 19.8 Å². The van der Waals surface area contributed by atoms with E-state index in [0.29, 0.717) is 52.9 Å². The molecule has 0 aromatic carbocycles. The summed E-state index contributed by atoms with van der Waals surface area (Å²) in [5.41, 5.74) is 0. The molecule has 0 spiro atoms. The Morgan fingerprint density at radius 3 is 1.27 bits per heavy atom. The van der Waals surface area contributed by atoms with Gasteiger partial charge in [0.15, 0.2) is 0 Å². The number of hydrogen-bond acceptors (Lipinski definition) is 6. The average molecular weight is 321 g/mol. The van der Waals surface area contributed by atoms with E-state index >= 15 is 0 Å². The Bertz CT molecular complexity index is 205. The quantitative estimate of drug-likeness (QED) is 0.356. The molecule has 0 aliphatic rings. The van der Waals surface area contributed by atoms with E-state index in [1.165, 1.54) is 6.42 Å². The monoisotopic (exact) mass is 321 g/mol. The maximum Gasteiger partial charge on any atom is 0.0701 e. The summed E-state index contributed by atoms with van der Waals surface area (Å²) < 4.78 is 27.0. The van der Waals surface area contributed by atoms with Gasteiger partial charge in [-0.15, -0.1) is 0 Å². The fraction of sp³-hybridized carbons (Fsp3) is 1.00. The summed E-state index contributed by atoms with van der Waals surface area (Å²) in [5.74, 6) is 0. The molecule has 0 unspecified atom stereocenters. The fourth-order valence-electron chi connectivity index (χ4n) is 1.48. The number of ether oxygens (including phenoxy) is 5. The molecule has 0 aromatic heterocycles. The third-order valence-corrected chi connectivity index (χ3v) is 2.81. The summed E-state index contributed by atoms with van der Waals surface area (Å²) in [5, 5.41) is 0. The molecule has 0 aromatic rings. The zero-order valence-electron chi connectivity index (χ0n) is 14.7. The third-order valence-electron chi connectivity index (χ3n) is 2.81. The van der Waals surface area contributed by atoms with Gasteiger partial charge < -0.3 is 28.6 Å². The Morgan fingerprint density at radius 1 is 0.545 bits per heavy atom. The van der Waals surface area contributed by atoms with Gasteiger partial charge in [-0.25, -0.2) is 0 Å². The summed E-state index contributed by atoms with van der Waals surface area (Å²) in [7, 11) is 4.06. The van der Waals surface area contributed by atoms with Gasteiger partial charge in [0.05, 0.1) is 59.5 Å². The van der Waals surface area contributed by atoms with Crippen molar-refractivity contribution in [3.8, 4) is 0 Å². The molecule has 0 rings (SSSR count). The first kappa shape index (κ1) is 21.8. The van der Waals surface area contributed by atoms with Crippen LogP contribution in [0, 0.1) is 0 Å². The second kappa shape index (κ2) is 18.8. The second-order valence-electron chi connectivity index (χ2n) is 5.22. The molecule has 6 heteroatoms. The predicted molar refractivity (Wildman–Crippen MR) is 87.6 cm³/mol. The van der Waals surface area contributed by atoms with E-state index in [1.807, 2.05) is 14.1 Å². The van der Waals surface area contributed by atoms with Gasteiger partial charge in [-0.1, -0.05) is 13.3 Å². The zero-order chi connectivity index (χ0) is 16.3. The number of rotatable bonds is 18. The van der Waals surface area contributed by atoms with Crippen LogP contribution in [0.25, 0.3) is 0 Å². The third kappa shape index (κ3) is 19.8. The van der Waals surface area contributed by atoms with Crippen molar-refractivity contribution in [2.45, 2.75) is 19.8 Å². The van der Waals surface area contributed by atoms with Crippen molar-refractivity contribution >= 4 is 0 Å². The number of nitrogens with zero attached hydrogens (tertiary/aromatic N) is 1. The molecular formula is C16H35NO5. The minimum Gasteiger partial charge on any atom is -0.379 e. The van der Waals surface area contributed by atoms with E-state index in [0.717, 1.165) is 26.2 Å². The first-order valence-electron chi connectivity index (χ1n) is 8.30. The zero-order valence-corrected chi connectivity index (χ0v) is 14.7. The Labute approximate surface area is 136 Å². The topological polar surface area (TPSA) is 49.4 Å². The largest absolute Gasteiger partial charge is 0.379 e. The molecule has 0 heterocycles. The van der Waals surface area contributed by atoms with Crippen LogP contribution in [0.5, 0.6) is 0 Å². The molecule has 0 N–H and O–H groups in total. The van der Waals surface area contributed by atoms with Gasteiger partial charge in [0.25, 0.3) is 0 Å². The van der Waals surface area contributed by atoms with Crippen molar-refractivity contribution in [2.24, 2.45) is 0 Å². The van der Waals surface area contributed by atoms with Gasteiger partial charge in [-0.3, -0.25) is 0 Å². The highest BCUT2D eigenvalue weighted by molar-refractivity contribution is 4.40. The van der Waals surface area contributed by atoms with Crippen molar-refractivity contribution < 1.29 is 23.7 Å². The molecule has 134 valence electrons. The Morgan fingerprint density at radius 2 is 0.909 bits per heavy atom. The molecule has 22 heavy (non-hydrogen) atoms. The lowest BCUT2D eigenvalue weighted by Crippen LogP contribution is -2.19. The van der Waals surface area contributed by atoms with E-state index in [4.69, 9.17) is 23.7 Å². The second-order valence-corrected chi connectivity index (χ2v) is 5.22. The van der Waals surface area contributed by atoms with E-state index < -0.39 is 0 Å². The molecule has 0 amide bonds. The van der Waals surface area contributed by atoms with Crippen LogP contribution in [0.3, 0.4) is 0 Å². The lowest BCUT2D eigenvalue weighted by atomic mass is 10.4. The number of hydrogen-bond donors (Lipinski definition) is 0. The van der Waals surface area contributed by atoms with Crippen LogP contribution in [-0.2, 0) is 23.7 Å². The molecule has 0 saturated heterocycles. The maximum absolute atomic E-state index is 5.41. The minimum atomic E-state index is 0.591. The summed E-state index contributed by atoms with van der Waals surface area (Å²) in [6, 6.07) is 0. The molecule has 0 bridgehead atoms. The SMILES string of the molecule is CCCCOCCOCCOCCOCCOCCN(C)C. The molecule has 0 radical (unpaired) electrons. The number of unbranched alkanes of at least 4 members (excludes halogenated alkanes) is 1. The van der Waals surface area contributed by atoms with Crippen LogP contribution in [-0.4, -0.2) is 91.6 Å². The van der Waals surface area contributed by atoms with Crippen LogP contribution in [0.2, 0.25) is 0 Å². The Balaban J connectivity index is 2.94. The normalized spacial score (nSPS) is 11.5. The van der Waals surface area contributed by atoms with Crippen LogP contribution < -0.4 is 0 Å². The summed E-state index contributed by atoms with van der Waals surface area (Å²) in [6.07, 6.45) is 2.28. The van der Waals surface area contributed by atoms with Crippen LogP contribution >= 0.6 is 0 Å². The van der Waals surface area contributed by atoms with Crippen molar-refractivity contribution in [1.82, 2.24) is 4.90 Å². The van der Waals surface area contributed by atoms with Crippen LogP contribution in [0.4, 0.5) is 0 Å². The first-order chi connectivity index (χ1) is 10.8. The van der Waals surface area contributed by atoms with Gasteiger partial charge in [0, 0.05) is 13.2 Å². The van der Waals surface area contributed by atoms with Crippen molar-refractivity contribution in [1.29, 1.82) is 0 Å². The smallest absolute Gasteiger partial charge is 0.0701 e. The van der Waals surface area contributed by atoms with E-state index in [1.54, 1.807) is 0 Å². The molecule has 0 aliphatic heterocycles. The standard InChI is InChI=1S/C16H35NO5/c1-4-5-7-18-9-11-20-13-15-22-16-14-21-12-10-19-8-6-17(2)3/h4-16H2,1-3H3. The van der Waals surface area contributed by atoms with E-state index in [2.05, 4.69) is 11.8 Å². The van der Waals surface area contributed by atoms with Gasteiger partial charge >= 0.3 is 0 Å². The highest BCUT2D eigenvalue weighted by Crippen LogP contribution is 1.88. The average Bonchev–Trinajstić information content (AvgIpc) is 2.50. The molecule has 0 aliphatic carbocycles. The highest BCUT2D eigenvalue weighted by Gasteiger charge is 1.94. The lowest BCUT2D eigenvalue weighted by Gasteiger charge is -2.10. The Hall–Kier alpha value is -0.240. The van der Waals surface area contributed by atoms with Gasteiger partial charge in [-0.2, -0.15) is 0 Å². The lowest BCUT2D eigenvalue weighted by molar-refractivity contribution is -0.0118. The minimum absolute atomic E-state index is 0.591. The van der Waals surface area contributed by atoms with Crippen molar-refractivity contribution in [2.75, 3.05) is 86.7 Å². The Kier molecular flexibility index (Phi) is 18.6. The van der Waals surface area contributed by atoms with E-state index in [-0.39, 0.29) is 0 Å². The molecule has 0 fully saturated rings. The predicted octanol–water partition coefficient (Wildman–Crippen LogP) is 1.43. The molecule has 0 atom stereocenters. The molecule has 6 nitrogen and oxygen atoms in total. The van der Waals surface area contributed by atoms with Gasteiger partial charge in [-0.05, 0) is 20.5 Å². The van der Waals surface area contributed by atoms with Gasteiger partial charge in [0.1, 0.15) is 0 Å². The number of likely N-dealkylation sites (N-methyl/N-ethyl adjacent to an activating group) is 1.